The van der Waals surface area contributed by atoms with Gasteiger partial charge in [0.15, 0.2) is 0 Å². The first-order valence-electron chi connectivity index (χ1n) is 4.73. The largest absolute Gasteiger partial charge is 0.309 e. The molecule has 0 aliphatic heterocycles. The normalized spacial score (nSPS) is 10.9. The first-order chi connectivity index (χ1) is 5.27. The molecule has 0 rings (SSSR count). The Morgan fingerprint density at radius 2 is 1.82 bits per heavy atom. The average molecular weight is 156 g/mol. The number of hydrogen-bond donors (Lipinski definition) is 0. The molecule has 1 nitrogen and oxygen atoms in total. The van der Waals surface area contributed by atoms with Gasteiger partial charge >= 0.3 is 0 Å². The summed E-state index contributed by atoms with van der Waals surface area (Å²) in [6.07, 6.45) is 9.07. The maximum absolute atomic E-state index is 2.41. The summed E-state index contributed by atoms with van der Waals surface area (Å²) in [5.74, 6) is 0. The number of unbranched alkanes of at least 4 members (excludes halogenated alkanes) is 5. The van der Waals surface area contributed by atoms with Crippen LogP contribution in [0.15, 0.2) is 0 Å². The van der Waals surface area contributed by atoms with Crippen LogP contribution in [0.3, 0.4) is 0 Å². The molecule has 1 radical (unpaired) electrons. The Labute approximate surface area is 71.8 Å². The van der Waals surface area contributed by atoms with Gasteiger partial charge in [-0.15, -0.1) is 0 Å². The van der Waals surface area contributed by atoms with Gasteiger partial charge in [-0.3, -0.25) is 0 Å². The molecule has 1 heteroatoms. The number of rotatable bonds is 7. The highest BCUT2D eigenvalue weighted by molar-refractivity contribution is 4.65. The molecule has 0 unspecified atom stereocenters. The summed E-state index contributed by atoms with van der Waals surface area (Å²) in [6, 6.07) is 0. The lowest BCUT2D eigenvalue weighted by atomic mass is 10.1. The van der Waals surface area contributed by atoms with Crippen molar-refractivity contribution in [3.8, 4) is 0 Å². The maximum Gasteiger partial charge on any atom is -0.00221 e. The highest BCUT2D eigenvalue weighted by Crippen LogP contribution is 2.03. The summed E-state index contributed by atoms with van der Waals surface area (Å²) in [4.78, 5) is 2.23. The van der Waals surface area contributed by atoms with E-state index in [0.717, 1.165) is 0 Å². The van der Waals surface area contributed by atoms with E-state index in [9.17, 15) is 0 Å². The van der Waals surface area contributed by atoms with Gasteiger partial charge < -0.3 is 4.90 Å². The van der Waals surface area contributed by atoms with Crippen LogP contribution in [-0.4, -0.2) is 25.5 Å². The van der Waals surface area contributed by atoms with Crippen molar-refractivity contribution < 1.29 is 0 Å². The highest BCUT2D eigenvalue weighted by atomic mass is 15.0. The van der Waals surface area contributed by atoms with Crippen molar-refractivity contribution in [2.45, 2.75) is 39.0 Å². The fourth-order valence-corrected chi connectivity index (χ4v) is 1.03. The van der Waals surface area contributed by atoms with Gasteiger partial charge in [-0.25, -0.2) is 0 Å². The van der Waals surface area contributed by atoms with Crippen LogP contribution in [0.4, 0.5) is 0 Å². The van der Waals surface area contributed by atoms with Crippen LogP contribution in [0, 0.1) is 6.42 Å². The summed E-state index contributed by atoms with van der Waals surface area (Å²) in [5, 5.41) is 0. The standard InChI is InChI=1S/C10H22N/c1-4-5-6-7-8-9-10-11(2)3/h8H,4-7,9-10H2,1-3H3. The Hall–Kier alpha value is -0.0400. The number of nitrogens with zero attached hydrogens (tertiary/aromatic N) is 1. The van der Waals surface area contributed by atoms with E-state index in [1.54, 1.807) is 0 Å². The van der Waals surface area contributed by atoms with E-state index in [1.807, 2.05) is 0 Å². The molecular weight excluding hydrogens is 134 g/mol. The zero-order valence-corrected chi connectivity index (χ0v) is 8.27. The Kier molecular flexibility index (Phi) is 8.03. The molecular formula is C10H22N. The third kappa shape index (κ3) is 9.96. The second-order valence-corrected chi connectivity index (χ2v) is 3.38. The van der Waals surface area contributed by atoms with Crippen LogP contribution in [0.1, 0.15) is 39.0 Å². The lowest BCUT2D eigenvalue weighted by Crippen LogP contribution is -2.12. The van der Waals surface area contributed by atoms with E-state index < -0.39 is 0 Å². The lowest BCUT2D eigenvalue weighted by Gasteiger charge is -2.07. The predicted molar refractivity (Wildman–Crippen MR) is 51.6 cm³/mol. The van der Waals surface area contributed by atoms with Crippen molar-refractivity contribution >= 4 is 0 Å². The summed E-state index contributed by atoms with van der Waals surface area (Å²) < 4.78 is 0. The quantitative estimate of drug-likeness (QED) is 0.512. The van der Waals surface area contributed by atoms with Crippen molar-refractivity contribution in [2.75, 3.05) is 20.6 Å². The molecule has 0 saturated heterocycles. The van der Waals surface area contributed by atoms with Crippen molar-refractivity contribution in [3.63, 3.8) is 0 Å². The predicted octanol–water partition coefficient (Wildman–Crippen LogP) is 2.72. The summed E-state index contributed by atoms with van der Waals surface area (Å²) >= 11 is 0. The van der Waals surface area contributed by atoms with Crippen LogP contribution < -0.4 is 0 Å². The zero-order valence-electron chi connectivity index (χ0n) is 8.27. The SMILES string of the molecule is CCCCC[CH]CCN(C)C. The molecule has 0 aliphatic carbocycles. The molecule has 0 bridgehead atoms. The van der Waals surface area contributed by atoms with E-state index in [-0.39, 0.29) is 0 Å². The van der Waals surface area contributed by atoms with E-state index in [2.05, 4.69) is 32.3 Å². The molecule has 0 aromatic heterocycles. The molecule has 11 heavy (non-hydrogen) atoms. The first-order valence-corrected chi connectivity index (χ1v) is 4.73. The second-order valence-electron chi connectivity index (χ2n) is 3.38. The van der Waals surface area contributed by atoms with Crippen LogP contribution in [0.25, 0.3) is 0 Å². The topological polar surface area (TPSA) is 3.24 Å². The summed E-state index contributed by atoms with van der Waals surface area (Å²) in [6.45, 7) is 3.45. The smallest absolute Gasteiger partial charge is 0.00221 e. The third-order valence-electron chi connectivity index (χ3n) is 1.79. The minimum Gasteiger partial charge on any atom is -0.309 e. The van der Waals surface area contributed by atoms with E-state index in [1.165, 1.54) is 38.6 Å². The fraction of sp³-hybridized carbons (Fsp3) is 0.900. The van der Waals surface area contributed by atoms with Gasteiger partial charge in [0.2, 0.25) is 0 Å². The molecule has 0 saturated carbocycles. The van der Waals surface area contributed by atoms with Gasteiger partial charge in [0.05, 0.1) is 0 Å². The van der Waals surface area contributed by atoms with Gasteiger partial charge in [-0.1, -0.05) is 32.6 Å². The van der Waals surface area contributed by atoms with Crippen molar-refractivity contribution in [1.82, 2.24) is 4.90 Å². The maximum atomic E-state index is 2.41. The third-order valence-corrected chi connectivity index (χ3v) is 1.79. The van der Waals surface area contributed by atoms with E-state index in [0.29, 0.717) is 0 Å². The van der Waals surface area contributed by atoms with Crippen molar-refractivity contribution in [1.29, 1.82) is 0 Å². The Bertz CT molecular complexity index is 69.3. The average Bonchev–Trinajstić information content (AvgIpc) is 1.96. The van der Waals surface area contributed by atoms with Gasteiger partial charge in [-0.2, -0.15) is 0 Å². The molecule has 0 atom stereocenters. The molecule has 0 N–H and O–H groups in total. The van der Waals surface area contributed by atoms with Crippen LogP contribution in [-0.2, 0) is 0 Å². The first kappa shape index (κ1) is 11.0. The monoisotopic (exact) mass is 156 g/mol. The van der Waals surface area contributed by atoms with Gasteiger partial charge in [0.25, 0.3) is 0 Å². The minimum absolute atomic E-state index is 1.20. The second kappa shape index (κ2) is 8.06. The molecule has 0 spiro atoms. The summed E-state index contributed by atoms with van der Waals surface area (Å²) in [5.41, 5.74) is 0. The molecule has 0 aromatic rings. The molecule has 0 fully saturated rings. The highest BCUT2D eigenvalue weighted by Gasteiger charge is 1.91. The zero-order chi connectivity index (χ0) is 8.53. The molecule has 0 heterocycles. The Balaban J connectivity index is 2.80. The molecule has 0 amide bonds. The molecule has 0 aliphatic rings. The fourth-order valence-electron chi connectivity index (χ4n) is 1.03. The van der Waals surface area contributed by atoms with E-state index >= 15 is 0 Å². The Morgan fingerprint density at radius 3 is 2.36 bits per heavy atom. The van der Waals surface area contributed by atoms with Gasteiger partial charge in [-0.05, 0) is 33.5 Å². The Morgan fingerprint density at radius 1 is 1.09 bits per heavy atom. The number of hydrogen-bond acceptors (Lipinski definition) is 1. The lowest BCUT2D eigenvalue weighted by molar-refractivity contribution is 0.409. The van der Waals surface area contributed by atoms with Crippen LogP contribution in [0.2, 0.25) is 0 Å². The van der Waals surface area contributed by atoms with Crippen molar-refractivity contribution in [3.05, 3.63) is 6.42 Å². The minimum atomic E-state index is 1.20. The van der Waals surface area contributed by atoms with Crippen molar-refractivity contribution in [2.24, 2.45) is 0 Å². The van der Waals surface area contributed by atoms with Crippen LogP contribution in [0.5, 0.6) is 0 Å². The van der Waals surface area contributed by atoms with E-state index in [4.69, 9.17) is 0 Å². The van der Waals surface area contributed by atoms with Crippen LogP contribution >= 0.6 is 0 Å². The summed E-state index contributed by atoms with van der Waals surface area (Å²) in [7, 11) is 4.25. The van der Waals surface area contributed by atoms with Gasteiger partial charge in [0, 0.05) is 0 Å². The molecule has 67 valence electrons. The molecule has 0 aromatic carbocycles. The van der Waals surface area contributed by atoms with Gasteiger partial charge in [0.1, 0.15) is 0 Å².